The molecule has 5 rings (SSSR count). The highest BCUT2D eigenvalue weighted by atomic mass is 32.2. The number of amides is 1. The third-order valence-electron chi connectivity index (χ3n) is 5.11. The maximum absolute atomic E-state index is 12.5. The Kier molecular flexibility index (Phi) is 4.24. The quantitative estimate of drug-likeness (QED) is 0.651. The third kappa shape index (κ3) is 2.60. The van der Waals surface area contributed by atoms with E-state index in [0.717, 1.165) is 11.1 Å². The molecule has 2 aromatic carbocycles. The van der Waals surface area contributed by atoms with E-state index in [1.807, 2.05) is 6.07 Å². The number of nitrogens with two attached hydrogens (primary N) is 1. The molecule has 3 aromatic rings. The zero-order chi connectivity index (χ0) is 21.0. The van der Waals surface area contributed by atoms with Crippen LogP contribution in [0.1, 0.15) is 16.5 Å². The van der Waals surface area contributed by atoms with Gasteiger partial charge in [0.1, 0.15) is 17.2 Å². The van der Waals surface area contributed by atoms with Crippen molar-refractivity contribution in [3.8, 4) is 34.1 Å². The molecule has 1 amide bonds. The van der Waals surface area contributed by atoms with Crippen molar-refractivity contribution < 1.29 is 28.3 Å². The van der Waals surface area contributed by atoms with Gasteiger partial charge in [0.15, 0.2) is 11.5 Å². The van der Waals surface area contributed by atoms with Gasteiger partial charge >= 0.3 is 5.63 Å². The van der Waals surface area contributed by atoms with E-state index < -0.39 is 16.8 Å². The number of carbonyl (C=O) groups is 1. The number of aromatic nitrogens is 1. The molecule has 0 radical (unpaired) electrons. The summed E-state index contributed by atoms with van der Waals surface area (Å²) >= 11 is 1.28. The third-order valence-corrected chi connectivity index (χ3v) is 6.35. The molecule has 0 saturated carbocycles. The van der Waals surface area contributed by atoms with E-state index in [9.17, 15) is 9.59 Å². The zero-order valence-electron chi connectivity index (χ0n) is 16.0. The molecule has 1 aliphatic carbocycles. The molecule has 1 aromatic heterocycles. The summed E-state index contributed by atoms with van der Waals surface area (Å²) in [6.45, 7) is 0.0308. The number of nitrogens with zero attached hydrogens (tertiary/aromatic N) is 1. The van der Waals surface area contributed by atoms with E-state index >= 15 is 0 Å². The summed E-state index contributed by atoms with van der Waals surface area (Å²) in [7, 11) is 3.10. The molecule has 2 N–H and O–H groups in total. The van der Waals surface area contributed by atoms with Gasteiger partial charge in [-0.2, -0.15) is 0 Å². The van der Waals surface area contributed by atoms with E-state index in [2.05, 4.69) is 5.16 Å². The van der Waals surface area contributed by atoms with Crippen LogP contribution in [0.25, 0.3) is 21.9 Å². The maximum Gasteiger partial charge on any atom is 0.366 e. The number of rotatable bonds is 5. The van der Waals surface area contributed by atoms with Gasteiger partial charge in [0.05, 0.1) is 30.6 Å². The summed E-state index contributed by atoms with van der Waals surface area (Å²) in [6, 6.07) is 5.18. The van der Waals surface area contributed by atoms with Crippen LogP contribution >= 0.6 is 11.8 Å². The number of thioether (sulfide) groups is 1. The van der Waals surface area contributed by atoms with Crippen LogP contribution in [0, 0.1) is 0 Å². The van der Waals surface area contributed by atoms with Crippen molar-refractivity contribution in [2.45, 2.75) is 5.25 Å². The second kappa shape index (κ2) is 6.84. The highest BCUT2D eigenvalue weighted by molar-refractivity contribution is 8.00. The van der Waals surface area contributed by atoms with Crippen LogP contribution in [0.5, 0.6) is 23.0 Å². The Balaban J connectivity index is 1.93. The van der Waals surface area contributed by atoms with E-state index in [0.29, 0.717) is 45.0 Å². The largest absolute Gasteiger partial charge is 0.497 e. The van der Waals surface area contributed by atoms with Crippen molar-refractivity contribution in [3.63, 3.8) is 0 Å². The first-order valence-electron chi connectivity index (χ1n) is 8.95. The van der Waals surface area contributed by atoms with Crippen molar-refractivity contribution in [2.24, 2.45) is 5.73 Å². The lowest BCUT2D eigenvalue weighted by atomic mass is 9.84. The van der Waals surface area contributed by atoms with Gasteiger partial charge in [-0.3, -0.25) is 4.79 Å². The van der Waals surface area contributed by atoms with Gasteiger partial charge in [0, 0.05) is 22.6 Å². The first kappa shape index (κ1) is 18.6. The Morgan fingerprint density at radius 3 is 2.83 bits per heavy atom. The molecule has 0 saturated heterocycles. The summed E-state index contributed by atoms with van der Waals surface area (Å²) in [5, 5.41) is 4.53. The van der Waals surface area contributed by atoms with Gasteiger partial charge in [0.2, 0.25) is 12.7 Å². The Morgan fingerprint density at radius 1 is 1.27 bits per heavy atom. The van der Waals surface area contributed by atoms with Crippen LogP contribution in [0.15, 0.2) is 27.5 Å². The minimum absolute atomic E-state index is 0.0308. The lowest BCUT2D eigenvalue weighted by Crippen LogP contribution is -2.18. The van der Waals surface area contributed by atoms with Gasteiger partial charge in [-0.15, -0.1) is 11.8 Å². The summed E-state index contributed by atoms with van der Waals surface area (Å²) in [5.41, 5.74) is 7.43. The van der Waals surface area contributed by atoms with E-state index in [1.165, 1.54) is 11.8 Å². The van der Waals surface area contributed by atoms with Crippen LogP contribution in [0.4, 0.5) is 0 Å². The molecular weight excluding hydrogens is 412 g/mol. The monoisotopic (exact) mass is 428 g/mol. The number of benzene rings is 2. The van der Waals surface area contributed by atoms with Gasteiger partial charge in [-0.25, -0.2) is 4.79 Å². The number of fused-ring (bicyclic) bond motifs is 4. The minimum Gasteiger partial charge on any atom is -0.497 e. The first-order chi connectivity index (χ1) is 14.5. The van der Waals surface area contributed by atoms with Crippen molar-refractivity contribution in [1.82, 2.24) is 5.16 Å². The fourth-order valence-electron chi connectivity index (χ4n) is 3.92. The van der Waals surface area contributed by atoms with Crippen LogP contribution < -0.4 is 30.3 Å². The highest BCUT2D eigenvalue weighted by Gasteiger charge is 2.38. The lowest BCUT2D eigenvalue weighted by Gasteiger charge is -2.28. The normalized spacial score (nSPS) is 15.7. The molecule has 154 valence electrons. The van der Waals surface area contributed by atoms with Crippen molar-refractivity contribution >= 4 is 28.4 Å². The van der Waals surface area contributed by atoms with E-state index in [1.54, 1.807) is 26.4 Å². The SMILES string of the molecule is COc1cc(OC)c2c(c1)-c1c3c(cc4c(=O)onc(c14)[C@H]2SCC(N)=O)OCO3. The van der Waals surface area contributed by atoms with Crippen molar-refractivity contribution in [3.05, 3.63) is 39.9 Å². The average Bonchev–Trinajstić information content (AvgIpc) is 3.22. The van der Waals surface area contributed by atoms with E-state index in [4.69, 9.17) is 29.2 Å². The molecule has 1 aliphatic heterocycles. The fraction of sp³-hybridized carbons (Fsp3) is 0.250. The zero-order valence-corrected chi connectivity index (χ0v) is 16.8. The van der Waals surface area contributed by atoms with Crippen LogP contribution in [0.2, 0.25) is 0 Å². The van der Waals surface area contributed by atoms with Gasteiger partial charge in [-0.05, 0) is 17.7 Å². The Bertz CT molecular complexity index is 1270. The van der Waals surface area contributed by atoms with Gasteiger partial charge < -0.3 is 29.2 Å². The molecule has 30 heavy (non-hydrogen) atoms. The summed E-state index contributed by atoms with van der Waals surface area (Å²) in [4.78, 5) is 24.0. The topological polar surface area (TPSA) is 123 Å². The predicted molar refractivity (Wildman–Crippen MR) is 108 cm³/mol. The van der Waals surface area contributed by atoms with Crippen LogP contribution in [0.3, 0.4) is 0 Å². The summed E-state index contributed by atoms with van der Waals surface area (Å²) < 4.78 is 27.5. The molecular formula is C20H16N2O7S. The number of hydrogen-bond donors (Lipinski definition) is 1. The Labute approximate surface area is 174 Å². The predicted octanol–water partition coefficient (Wildman–Crippen LogP) is 2.22. The maximum atomic E-state index is 12.5. The van der Waals surface area contributed by atoms with E-state index in [-0.39, 0.29) is 12.5 Å². The molecule has 0 unspecified atom stereocenters. The molecule has 0 spiro atoms. The van der Waals surface area contributed by atoms with Crippen LogP contribution in [-0.2, 0) is 4.79 Å². The minimum atomic E-state index is -0.592. The number of ether oxygens (including phenoxy) is 4. The standard InChI is InChI=1S/C20H16N2O7S/c1-25-8-3-9-14(11(4-8)26-2)19(30-6-13(21)23)17-15-10(20(24)29-22-17)5-12-18(16(9)15)28-7-27-12/h3-5,19H,6-7H2,1-2H3,(H2,21,23)/t19-/m0/s1. The molecule has 10 heteroatoms. The fourth-order valence-corrected chi connectivity index (χ4v) is 4.98. The smallest absolute Gasteiger partial charge is 0.366 e. The van der Waals surface area contributed by atoms with Crippen LogP contribution in [-0.4, -0.2) is 37.8 Å². The lowest BCUT2D eigenvalue weighted by molar-refractivity contribution is -0.115. The second-order valence-corrected chi connectivity index (χ2v) is 7.80. The number of hydrogen-bond acceptors (Lipinski definition) is 9. The molecule has 0 fully saturated rings. The summed E-state index contributed by atoms with van der Waals surface area (Å²) in [6.07, 6.45) is 0. The second-order valence-electron chi connectivity index (χ2n) is 6.71. The van der Waals surface area contributed by atoms with Gasteiger partial charge in [0.25, 0.3) is 0 Å². The Morgan fingerprint density at radius 2 is 2.10 bits per heavy atom. The summed E-state index contributed by atoms with van der Waals surface area (Å²) in [5.74, 6) is 1.62. The molecule has 2 heterocycles. The van der Waals surface area contributed by atoms with Gasteiger partial charge in [-0.1, -0.05) is 5.16 Å². The Hall–Kier alpha value is -3.40. The van der Waals surface area contributed by atoms with Crippen molar-refractivity contribution in [2.75, 3.05) is 26.8 Å². The average molecular weight is 428 g/mol. The first-order valence-corrected chi connectivity index (χ1v) is 10.0. The number of primary amides is 1. The number of methoxy groups -OCH3 is 2. The molecule has 2 aliphatic rings. The van der Waals surface area contributed by atoms with Crippen molar-refractivity contribution in [1.29, 1.82) is 0 Å². The highest BCUT2D eigenvalue weighted by Crippen LogP contribution is 2.57. The molecule has 9 nitrogen and oxygen atoms in total. The molecule has 1 atom stereocenters. The number of carbonyl (C=O) groups excluding carboxylic acids is 1. The molecule has 0 bridgehead atoms.